The van der Waals surface area contributed by atoms with Crippen LogP contribution in [-0.2, 0) is 20.4 Å². The van der Waals surface area contributed by atoms with Gasteiger partial charge in [-0.15, -0.1) is 0 Å². The lowest BCUT2D eigenvalue weighted by atomic mass is 9.66. The Bertz CT molecular complexity index is 1100. The van der Waals surface area contributed by atoms with Crippen LogP contribution in [0.15, 0.2) is 48.5 Å². The number of benzene rings is 2. The van der Waals surface area contributed by atoms with Crippen LogP contribution in [0.4, 0.5) is 4.79 Å². The first-order valence-corrected chi connectivity index (χ1v) is 15.3. The van der Waals surface area contributed by atoms with E-state index in [9.17, 15) is 9.59 Å². The number of carbonyl (C=O) groups is 2. The zero-order valence-corrected chi connectivity index (χ0v) is 26.1. The summed E-state index contributed by atoms with van der Waals surface area (Å²) in [5.41, 5.74) is 8.30. The Labute approximate surface area is 250 Å². The third kappa shape index (κ3) is 8.96. The first-order chi connectivity index (χ1) is 18.9. The minimum Gasteiger partial charge on any atom is -0.444 e. The van der Waals surface area contributed by atoms with Gasteiger partial charge >= 0.3 is 6.09 Å². The summed E-state index contributed by atoms with van der Waals surface area (Å²) in [6.07, 6.45) is 9.43. The zero-order chi connectivity index (χ0) is 29.4. The average Bonchev–Trinajstić information content (AvgIpc) is 2.93. The van der Waals surface area contributed by atoms with E-state index in [-0.39, 0.29) is 16.9 Å². The highest BCUT2D eigenvalue weighted by molar-refractivity contribution is 6.30. The molecular formula is C33H46Cl2N2O3. The summed E-state index contributed by atoms with van der Waals surface area (Å²) in [6.45, 7) is 9.23. The third-order valence-electron chi connectivity index (χ3n) is 8.44. The van der Waals surface area contributed by atoms with Gasteiger partial charge in [0.2, 0.25) is 0 Å². The number of carbonyl (C=O) groups excluding carboxylic acids is 2. The third-order valence-corrected chi connectivity index (χ3v) is 8.95. The standard InChI is InChI=1S/C17H25ClN2O2.C16H21ClO/c1-16(2,3)22-15(21)20-10-8-17(12-19,9-11-20)13-4-6-14(18)7-5-13;1-13(18)9-12-16(10-3-2-4-11-16)14-5-7-15(17)8-6-14/h4-7H,8-12,19H2,1-3H3;5-8H,2-4,9-12H2,1H3. The van der Waals surface area contributed by atoms with Gasteiger partial charge in [0.15, 0.2) is 0 Å². The lowest BCUT2D eigenvalue weighted by molar-refractivity contribution is -0.117. The smallest absolute Gasteiger partial charge is 0.410 e. The number of ether oxygens (including phenoxy) is 1. The number of rotatable bonds is 6. The number of hydrogen-bond acceptors (Lipinski definition) is 4. The van der Waals surface area contributed by atoms with E-state index in [2.05, 4.69) is 12.1 Å². The van der Waals surface area contributed by atoms with E-state index in [0.29, 0.717) is 31.8 Å². The minimum atomic E-state index is -0.463. The van der Waals surface area contributed by atoms with E-state index in [4.69, 9.17) is 33.7 Å². The second-order valence-electron chi connectivity index (χ2n) is 12.5. The Kier molecular flexibility index (Phi) is 11.5. The molecular weight excluding hydrogens is 543 g/mol. The Hall–Kier alpha value is -2.08. The van der Waals surface area contributed by atoms with Crippen LogP contribution in [0.1, 0.15) is 96.6 Å². The van der Waals surface area contributed by atoms with Gasteiger partial charge in [-0.1, -0.05) is 66.7 Å². The van der Waals surface area contributed by atoms with E-state index in [0.717, 1.165) is 29.3 Å². The number of amides is 1. The van der Waals surface area contributed by atoms with E-state index >= 15 is 0 Å². The summed E-state index contributed by atoms with van der Waals surface area (Å²) in [7, 11) is 0. The summed E-state index contributed by atoms with van der Waals surface area (Å²) in [5.74, 6) is 0.300. The molecule has 1 saturated carbocycles. The fourth-order valence-electron chi connectivity index (χ4n) is 5.99. The van der Waals surface area contributed by atoms with Crippen LogP contribution in [0.25, 0.3) is 0 Å². The van der Waals surface area contributed by atoms with Crippen molar-refractivity contribution in [2.24, 2.45) is 5.73 Å². The highest BCUT2D eigenvalue weighted by atomic mass is 35.5. The van der Waals surface area contributed by atoms with Crippen LogP contribution in [0.5, 0.6) is 0 Å². The normalized spacial score (nSPS) is 18.3. The number of piperidine rings is 1. The Balaban J connectivity index is 0.000000225. The fourth-order valence-corrected chi connectivity index (χ4v) is 6.24. The molecule has 0 spiro atoms. The van der Waals surface area contributed by atoms with Crippen LogP contribution in [-0.4, -0.2) is 42.0 Å². The topological polar surface area (TPSA) is 72.6 Å². The number of likely N-dealkylation sites (tertiary alicyclic amines) is 1. The highest BCUT2D eigenvalue weighted by Crippen LogP contribution is 2.43. The van der Waals surface area contributed by atoms with E-state index in [1.807, 2.05) is 57.2 Å². The van der Waals surface area contributed by atoms with Crippen molar-refractivity contribution in [3.63, 3.8) is 0 Å². The van der Waals surface area contributed by atoms with Crippen LogP contribution >= 0.6 is 23.2 Å². The summed E-state index contributed by atoms with van der Waals surface area (Å²) in [4.78, 5) is 25.2. The first-order valence-electron chi connectivity index (χ1n) is 14.6. The summed E-state index contributed by atoms with van der Waals surface area (Å²) >= 11 is 11.9. The van der Waals surface area contributed by atoms with Crippen LogP contribution in [0.2, 0.25) is 10.0 Å². The molecule has 0 atom stereocenters. The molecule has 7 heteroatoms. The van der Waals surface area contributed by atoms with Crippen LogP contribution in [0.3, 0.4) is 0 Å². The monoisotopic (exact) mass is 588 g/mol. The maximum Gasteiger partial charge on any atom is 0.410 e. The van der Waals surface area contributed by atoms with Gasteiger partial charge in [-0.25, -0.2) is 4.79 Å². The van der Waals surface area contributed by atoms with Gasteiger partial charge in [-0.2, -0.15) is 0 Å². The zero-order valence-electron chi connectivity index (χ0n) is 24.6. The number of halogens is 2. The quantitative estimate of drug-likeness (QED) is 0.367. The van der Waals surface area contributed by atoms with Crippen molar-refractivity contribution in [3.05, 3.63) is 69.7 Å². The predicted octanol–water partition coefficient (Wildman–Crippen LogP) is 8.48. The van der Waals surface area contributed by atoms with Crippen molar-refractivity contribution in [1.29, 1.82) is 0 Å². The molecule has 0 unspecified atom stereocenters. The van der Waals surface area contributed by atoms with Crippen molar-refractivity contribution < 1.29 is 14.3 Å². The summed E-state index contributed by atoms with van der Waals surface area (Å²) < 4.78 is 5.44. The molecule has 2 aliphatic rings. The molecule has 1 amide bonds. The molecule has 1 heterocycles. The van der Waals surface area contributed by atoms with Gasteiger partial charge in [-0.05, 0) is 101 Å². The molecule has 1 saturated heterocycles. The lowest BCUT2D eigenvalue weighted by Gasteiger charge is -2.41. The SMILES string of the molecule is CC(=O)CCC1(c2ccc(Cl)cc2)CCCCC1.CC(C)(C)OC(=O)N1CCC(CN)(c2ccc(Cl)cc2)CC1. The molecule has 2 aromatic rings. The van der Waals surface area contributed by atoms with Gasteiger partial charge in [0.05, 0.1) is 0 Å². The van der Waals surface area contributed by atoms with Crippen molar-refractivity contribution in [3.8, 4) is 0 Å². The summed E-state index contributed by atoms with van der Waals surface area (Å²) in [5, 5.41) is 1.51. The second kappa shape index (κ2) is 14.2. The Morgan fingerprint density at radius 1 is 0.825 bits per heavy atom. The first kappa shape index (κ1) is 32.4. The molecule has 220 valence electrons. The van der Waals surface area contributed by atoms with Gasteiger partial charge in [0.1, 0.15) is 11.4 Å². The molecule has 40 heavy (non-hydrogen) atoms. The van der Waals surface area contributed by atoms with Crippen molar-refractivity contribution in [1.82, 2.24) is 4.90 Å². The molecule has 4 rings (SSSR count). The molecule has 2 N–H and O–H groups in total. The van der Waals surface area contributed by atoms with Gasteiger partial charge in [0, 0.05) is 41.5 Å². The maximum absolute atomic E-state index is 12.1. The summed E-state index contributed by atoms with van der Waals surface area (Å²) in [6, 6.07) is 16.1. The molecule has 1 aliphatic heterocycles. The highest BCUT2D eigenvalue weighted by Gasteiger charge is 2.37. The Morgan fingerprint density at radius 3 is 1.73 bits per heavy atom. The van der Waals surface area contributed by atoms with Crippen LogP contribution in [0, 0.1) is 0 Å². The largest absolute Gasteiger partial charge is 0.444 e. The fraction of sp³-hybridized carbons (Fsp3) is 0.576. The van der Waals surface area contributed by atoms with Gasteiger partial charge in [0.25, 0.3) is 0 Å². The second-order valence-corrected chi connectivity index (χ2v) is 13.4. The van der Waals surface area contributed by atoms with E-state index < -0.39 is 5.60 Å². The molecule has 2 fully saturated rings. The molecule has 5 nitrogen and oxygen atoms in total. The molecule has 0 radical (unpaired) electrons. The van der Waals surface area contributed by atoms with Gasteiger partial charge in [-0.3, -0.25) is 0 Å². The van der Waals surface area contributed by atoms with Gasteiger partial charge < -0.3 is 20.2 Å². The Morgan fingerprint density at radius 2 is 1.30 bits per heavy atom. The molecule has 2 aromatic carbocycles. The van der Waals surface area contributed by atoms with Crippen molar-refractivity contribution in [2.75, 3.05) is 19.6 Å². The molecule has 1 aliphatic carbocycles. The lowest BCUT2D eigenvalue weighted by Crippen LogP contribution is -2.49. The number of nitrogens with two attached hydrogens (primary N) is 1. The van der Waals surface area contributed by atoms with Crippen molar-refractivity contribution in [2.45, 2.75) is 102 Å². The number of nitrogens with zero attached hydrogens (tertiary/aromatic N) is 1. The molecule has 0 bridgehead atoms. The average molecular weight is 590 g/mol. The number of Topliss-reactive ketones (excluding diaryl/α,β-unsaturated/α-hetero) is 1. The number of hydrogen-bond donors (Lipinski definition) is 1. The number of ketones is 1. The maximum atomic E-state index is 12.1. The predicted molar refractivity (Wildman–Crippen MR) is 165 cm³/mol. The minimum absolute atomic E-state index is 0.0803. The molecule has 0 aromatic heterocycles. The van der Waals surface area contributed by atoms with E-state index in [1.165, 1.54) is 43.2 Å². The van der Waals surface area contributed by atoms with Crippen LogP contribution < -0.4 is 5.73 Å². The van der Waals surface area contributed by atoms with E-state index in [1.54, 1.807) is 11.8 Å². The van der Waals surface area contributed by atoms with Crippen molar-refractivity contribution >= 4 is 35.1 Å².